The summed E-state index contributed by atoms with van der Waals surface area (Å²) < 4.78 is 0. The zero-order chi connectivity index (χ0) is 13.8. The summed E-state index contributed by atoms with van der Waals surface area (Å²) in [5.41, 5.74) is 0. The molecule has 0 aliphatic rings. The fraction of sp³-hybridized carbons (Fsp3) is 0.750. The van der Waals surface area contributed by atoms with Crippen LogP contribution in [-0.2, 0) is 0 Å². The van der Waals surface area contributed by atoms with Crippen LogP contribution in [0, 0.1) is 0 Å². The highest BCUT2D eigenvalue weighted by Crippen LogP contribution is 2.16. The first kappa shape index (κ1) is 16.1. The molecule has 1 N–H and O–H groups in total. The van der Waals surface area contributed by atoms with Gasteiger partial charge in [0.25, 0.3) is 0 Å². The van der Waals surface area contributed by atoms with Gasteiger partial charge in [-0.2, -0.15) is 0 Å². The normalized spacial score (nSPS) is 12.5. The first-order valence-corrected chi connectivity index (χ1v) is 7.82. The van der Waals surface area contributed by atoms with Gasteiger partial charge in [0.15, 0.2) is 0 Å². The number of hydrogen-bond acceptors (Lipinski definition) is 3. The van der Waals surface area contributed by atoms with Crippen molar-refractivity contribution >= 4 is 0 Å². The summed E-state index contributed by atoms with van der Waals surface area (Å²) in [5.74, 6) is 0.924. The lowest BCUT2D eigenvalue weighted by Gasteiger charge is -2.14. The van der Waals surface area contributed by atoms with Crippen molar-refractivity contribution in [3.8, 4) is 0 Å². The molecule has 19 heavy (non-hydrogen) atoms. The lowest BCUT2D eigenvalue weighted by molar-refractivity contribution is 0.477. The molecule has 0 bridgehead atoms. The van der Waals surface area contributed by atoms with Crippen LogP contribution < -0.4 is 5.32 Å². The van der Waals surface area contributed by atoms with E-state index in [0.29, 0.717) is 6.04 Å². The molecule has 0 aromatic carbocycles. The van der Waals surface area contributed by atoms with Crippen molar-refractivity contribution in [1.82, 2.24) is 15.3 Å². The van der Waals surface area contributed by atoms with Crippen LogP contribution in [0.4, 0.5) is 0 Å². The van der Waals surface area contributed by atoms with E-state index in [0.717, 1.165) is 12.2 Å². The highest BCUT2D eigenvalue weighted by Gasteiger charge is 2.10. The zero-order valence-corrected chi connectivity index (χ0v) is 12.6. The van der Waals surface area contributed by atoms with E-state index < -0.39 is 0 Å². The fourth-order valence-electron chi connectivity index (χ4n) is 2.38. The summed E-state index contributed by atoms with van der Waals surface area (Å²) in [7, 11) is 1.99. The molecule has 1 aromatic heterocycles. The molecule has 3 heteroatoms. The van der Waals surface area contributed by atoms with Gasteiger partial charge in [-0.25, -0.2) is 9.97 Å². The smallest absolute Gasteiger partial charge is 0.145 e. The second kappa shape index (κ2) is 10.9. The maximum absolute atomic E-state index is 4.33. The van der Waals surface area contributed by atoms with Gasteiger partial charge in [-0.1, -0.05) is 58.3 Å². The van der Waals surface area contributed by atoms with Gasteiger partial charge in [0.05, 0.1) is 6.04 Å². The second-order valence-electron chi connectivity index (χ2n) is 5.21. The van der Waals surface area contributed by atoms with Crippen molar-refractivity contribution in [2.24, 2.45) is 0 Å². The number of hydrogen-bond donors (Lipinski definition) is 1. The number of unbranched alkanes of at least 4 members (excludes halogenated alkanes) is 7. The van der Waals surface area contributed by atoms with Crippen molar-refractivity contribution in [2.45, 2.75) is 70.8 Å². The quantitative estimate of drug-likeness (QED) is 0.606. The van der Waals surface area contributed by atoms with Crippen LogP contribution in [0.25, 0.3) is 0 Å². The number of rotatable bonds is 11. The van der Waals surface area contributed by atoms with Crippen LogP contribution in [0.15, 0.2) is 18.5 Å². The Morgan fingerprint density at radius 1 is 0.947 bits per heavy atom. The van der Waals surface area contributed by atoms with E-state index in [2.05, 4.69) is 22.2 Å². The maximum atomic E-state index is 4.33. The van der Waals surface area contributed by atoms with E-state index in [1.807, 2.05) is 25.5 Å². The van der Waals surface area contributed by atoms with Crippen molar-refractivity contribution in [1.29, 1.82) is 0 Å². The second-order valence-corrected chi connectivity index (χ2v) is 5.21. The van der Waals surface area contributed by atoms with Crippen LogP contribution >= 0.6 is 0 Å². The first-order valence-electron chi connectivity index (χ1n) is 7.82. The van der Waals surface area contributed by atoms with Crippen LogP contribution in [-0.4, -0.2) is 17.0 Å². The summed E-state index contributed by atoms with van der Waals surface area (Å²) >= 11 is 0. The number of nitrogens with zero attached hydrogens (tertiary/aromatic N) is 2. The molecule has 0 saturated carbocycles. The number of aromatic nitrogens is 2. The van der Waals surface area contributed by atoms with E-state index in [-0.39, 0.29) is 0 Å². The molecule has 0 aliphatic carbocycles. The highest BCUT2D eigenvalue weighted by atomic mass is 15.0. The van der Waals surface area contributed by atoms with E-state index in [9.17, 15) is 0 Å². The topological polar surface area (TPSA) is 37.8 Å². The van der Waals surface area contributed by atoms with Gasteiger partial charge in [-0.15, -0.1) is 0 Å². The highest BCUT2D eigenvalue weighted by molar-refractivity contribution is 4.95. The standard InChI is InChI=1S/C16H29N3/c1-3-4-5-6-7-8-9-10-12-15(17-2)16-18-13-11-14-19-16/h11,13-15,17H,3-10,12H2,1-2H3. The van der Waals surface area contributed by atoms with E-state index in [1.165, 1.54) is 51.4 Å². The molecule has 0 radical (unpaired) electrons. The molecule has 1 heterocycles. The van der Waals surface area contributed by atoms with Crippen LogP contribution in [0.2, 0.25) is 0 Å². The Labute approximate surface area is 118 Å². The molecular weight excluding hydrogens is 234 g/mol. The Kier molecular flexibility index (Phi) is 9.25. The monoisotopic (exact) mass is 263 g/mol. The Bertz CT molecular complexity index is 300. The predicted molar refractivity (Wildman–Crippen MR) is 81.1 cm³/mol. The molecule has 1 atom stereocenters. The van der Waals surface area contributed by atoms with Gasteiger partial charge in [0.1, 0.15) is 5.82 Å². The predicted octanol–water partition coefficient (Wildman–Crippen LogP) is 4.27. The Balaban J connectivity index is 2.07. The van der Waals surface area contributed by atoms with Gasteiger partial charge in [0, 0.05) is 12.4 Å². The molecule has 3 nitrogen and oxygen atoms in total. The molecule has 0 spiro atoms. The van der Waals surface area contributed by atoms with Crippen molar-refractivity contribution in [3.05, 3.63) is 24.3 Å². The SMILES string of the molecule is CCCCCCCCCCC(NC)c1ncccn1. The van der Waals surface area contributed by atoms with Gasteiger partial charge in [0.2, 0.25) is 0 Å². The third-order valence-electron chi connectivity index (χ3n) is 3.59. The minimum Gasteiger partial charge on any atom is -0.310 e. The summed E-state index contributed by atoms with van der Waals surface area (Å²) in [6.45, 7) is 2.27. The van der Waals surface area contributed by atoms with Gasteiger partial charge in [-0.3, -0.25) is 0 Å². The van der Waals surface area contributed by atoms with E-state index in [1.54, 1.807) is 0 Å². The van der Waals surface area contributed by atoms with E-state index in [4.69, 9.17) is 0 Å². The largest absolute Gasteiger partial charge is 0.310 e. The molecule has 108 valence electrons. The van der Waals surface area contributed by atoms with Gasteiger partial charge < -0.3 is 5.32 Å². The van der Waals surface area contributed by atoms with Crippen LogP contribution in [0.1, 0.15) is 76.6 Å². The molecule has 1 unspecified atom stereocenters. The van der Waals surface area contributed by atoms with Crippen molar-refractivity contribution in [3.63, 3.8) is 0 Å². The zero-order valence-electron chi connectivity index (χ0n) is 12.6. The Hall–Kier alpha value is -0.960. The third-order valence-corrected chi connectivity index (χ3v) is 3.59. The lowest BCUT2D eigenvalue weighted by atomic mass is 10.0. The maximum Gasteiger partial charge on any atom is 0.145 e. The molecule has 0 fully saturated rings. The van der Waals surface area contributed by atoms with Crippen molar-refractivity contribution < 1.29 is 0 Å². The van der Waals surface area contributed by atoms with Crippen LogP contribution in [0.3, 0.4) is 0 Å². The summed E-state index contributed by atoms with van der Waals surface area (Å²) in [4.78, 5) is 8.65. The van der Waals surface area contributed by atoms with Crippen LogP contribution in [0.5, 0.6) is 0 Å². The minimum atomic E-state index is 0.307. The first-order chi connectivity index (χ1) is 9.38. The summed E-state index contributed by atoms with van der Waals surface area (Å²) in [6.07, 6.45) is 15.7. The van der Waals surface area contributed by atoms with Gasteiger partial charge in [-0.05, 0) is 19.5 Å². The lowest BCUT2D eigenvalue weighted by Crippen LogP contribution is -2.18. The minimum absolute atomic E-state index is 0.307. The van der Waals surface area contributed by atoms with Gasteiger partial charge >= 0.3 is 0 Å². The molecular formula is C16H29N3. The molecule has 1 aromatic rings. The average Bonchev–Trinajstić information content (AvgIpc) is 2.47. The molecule has 1 rings (SSSR count). The molecule has 0 aliphatic heterocycles. The van der Waals surface area contributed by atoms with E-state index >= 15 is 0 Å². The Morgan fingerprint density at radius 3 is 2.11 bits per heavy atom. The molecule has 0 amide bonds. The summed E-state index contributed by atoms with van der Waals surface area (Å²) in [6, 6.07) is 2.17. The van der Waals surface area contributed by atoms with Crippen molar-refractivity contribution in [2.75, 3.05) is 7.05 Å². The molecule has 0 saturated heterocycles. The summed E-state index contributed by atoms with van der Waals surface area (Å²) in [5, 5.41) is 3.31. The third kappa shape index (κ3) is 7.26. The average molecular weight is 263 g/mol. The fourth-order valence-corrected chi connectivity index (χ4v) is 2.38. The Morgan fingerprint density at radius 2 is 1.53 bits per heavy atom. The number of nitrogens with one attached hydrogen (secondary N) is 1.